The molecule has 0 saturated carbocycles. The van der Waals surface area contributed by atoms with E-state index in [0.29, 0.717) is 11.6 Å². The highest BCUT2D eigenvalue weighted by molar-refractivity contribution is 6.30. The molecule has 0 aliphatic heterocycles. The summed E-state index contributed by atoms with van der Waals surface area (Å²) in [5.74, 6) is 0.157. The van der Waals surface area contributed by atoms with Crippen molar-refractivity contribution in [1.82, 2.24) is 0 Å². The molecule has 1 rings (SSSR count). The number of ether oxygens (including phenoxy) is 1. The minimum Gasteiger partial charge on any atom is -0.465 e. The van der Waals surface area contributed by atoms with Crippen molar-refractivity contribution in [3.63, 3.8) is 0 Å². The quantitative estimate of drug-likeness (QED) is 0.685. The molecule has 11 heavy (non-hydrogen) atoms. The summed E-state index contributed by atoms with van der Waals surface area (Å²) in [5.41, 5.74) is -0.499. The van der Waals surface area contributed by atoms with Gasteiger partial charge >= 0.3 is 5.63 Å². The topological polar surface area (TPSA) is 39.4 Å². The van der Waals surface area contributed by atoms with E-state index in [0.717, 1.165) is 0 Å². The van der Waals surface area contributed by atoms with Crippen molar-refractivity contribution in [2.75, 3.05) is 6.61 Å². The number of rotatable bonds is 2. The molecule has 0 aliphatic carbocycles. The molecule has 4 heteroatoms. The molecule has 0 amide bonds. The largest absolute Gasteiger partial charge is 0.465 e. The Bertz CT molecular complexity index is 292. The number of hydrogen-bond donors (Lipinski definition) is 0. The maximum Gasteiger partial charge on any atom is 0.340 e. The summed E-state index contributed by atoms with van der Waals surface area (Å²) in [6, 6.07) is 2.64. The van der Waals surface area contributed by atoms with E-state index in [4.69, 9.17) is 16.3 Å². The van der Waals surface area contributed by atoms with E-state index in [1.165, 1.54) is 12.1 Å². The summed E-state index contributed by atoms with van der Waals surface area (Å²) in [5, 5.41) is 0.324. The summed E-state index contributed by atoms with van der Waals surface area (Å²) in [6.45, 7) is 2.24. The van der Waals surface area contributed by atoms with Crippen LogP contribution in [-0.4, -0.2) is 6.61 Å². The fourth-order valence-electron chi connectivity index (χ4n) is 0.638. The average Bonchev–Trinajstić information content (AvgIpc) is 1.85. The first-order valence-electron chi connectivity index (χ1n) is 3.16. The van der Waals surface area contributed by atoms with Crippen molar-refractivity contribution < 1.29 is 9.15 Å². The molecule has 0 aromatic carbocycles. The van der Waals surface area contributed by atoms with Crippen LogP contribution >= 0.6 is 11.6 Å². The molecule has 3 nitrogen and oxygen atoms in total. The molecule has 0 radical (unpaired) electrons. The lowest BCUT2D eigenvalue weighted by atomic mass is 10.5. The Hall–Kier alpha value is -0.960. The summed E-state index contributed by atoms with van der Waals surface area (Å²) >= 11 is 5.55. The van der Waals surface area contributed by atoms with Crippen LogP contribution in [0.25, 0.3) is 0 Å². The van der Waals surface area contributed by atoms with E-state index in [1.807, 2.05) is 0 Å². The second-order valence-corrected chi connectivity index (χ2v) is 2.28. The fourth-order valence-corrected chi connectivity index (χ4v) is 0.816. The van der Waals surface area contributed by atoms with Crippen molar-refractivity contribution in [2.24, 2.45) is 0 Å². The first-order chi connectivity index (χ1) is 5.22. The van der Waals surface area contributed by atoms with Crippen LogP contribution in [0.5, 0.6) is 5.95 Å². The SMILES string of the molecule is CCOc1cc(Cl)cc(=O)o1. The summed E-state index contributed by atoms with van der Waals surface area (Å²) < 4.78 is 9.55. The van der Waals surface area contributed by atoms with Crippen LogP contribution in [-0.2, 0) is 0 Å². The van der Waals surface area contributed by atoms with E-state index in [9.17, 15) is 4.79 Å². The zero-order chi connectivity index (χ0) is 8.27. The van der Waals surface area contributed by atoms with E-state index >= 15 is 0 Å². The van der Waals surface area contributed by atoms with Gasteiger partial charge in [-0.3, -0.25) is 0 Å². The fraction of sp³-hybridized carbons (Fsp3) is 0.286. The number of hydrogen-bond acceptors (Lipinski definition) is 3. The van der Waals surface area contributed by atoms with Gasteiger partial charge in [0.15, 0.2) is 0 Å². The van der Waals surface area contributed by atoms with Crippen LogP contribution < -0.4 is 10.4 Å². The Morgan fingerprint density at radius 1 is 1.64 bits per heavy atom. The molecule has 1 aromatic rings. The van der Waals surface area contributed by atoms with Crippen LogP contribution in [0, 0.1) is 0 Å². The lowest BCUT2D eigenvalue weighted by Gasteiger charge is -1.98. The van der Waals surface area contributed by atoms with Crippen LogP contribution in [0.3, 0.4) is 0 Å². The Morgan fingerprint density at radius 2 is 2.36 bits per heavy atom. The Labute approximate surface area is 68.5 Å². The maximum absolute atomic E-state index is 10.7. The predicted molar refractivity (Wildman–Crippen MR) is 41.2 cm³/mol. The third-order valence-electron chi connectivity index (χ3n) is 0.999. The third-order valence-corrected chi connectivity index (χ3v) is 1.22. The van der Waals surface area contributed by atoms with Gasteiger partial charge in [0, 0.05) is 12.1 Å². The van der Waals surface area contributed by atoms with Crippen molar-refractivity contribution in [3.05, 3.63) is 27.6 Å². The van der Waals surface area contributed by atoms with Crippen LogP contribution in [0.15, 0.2) is 21.3 Å². The standard InChI is InChI=1S/C7H7ClO3/c1-2-10-7-4-5(8)3-6(9)11-7/h3-4H,2H2,1H3. The van der Waals surface area contributed by atoms with Crippen molar-refractivity contribution in [2.45, 2.75) is 6.92 Å². The molecule has 0 fully saturated rings. The van der Waals surface area contributed by atoms with Crippen molar-refractivity contribution >= 4 is 11.6 Å². The monoisotopic (exact) mass is 174 g/mol. The van der Waals surface area contributed by atoms with Gasteiger partial charge in [0.25, 0.3) is 5.95 Å². The Kier molecular flexibility index (Phi) is 2.54. The number of halogens is 1. The first kappa shape index (κ1) is 8.14. The second kappa shape index (κ2) is 3.44. The smallest absolute Gasteiger partial charge is 0.340 e. The lowest BCUT2D eigenvalue weighted by Crippen LogP contribution is -1.99. The molecule has 1 heterocycles. The molecule has 0 spiro atoms. The molecule has 0 unspecified atom stereocenters. The zero-order valence-electron chi connectivity index (χ0n) is 5.96. The molecule has 1 aromatic heterocycles. The highest BCUT2D eigenvalue weighted by atomic mass is 35.5. The third kappa shape index (κ3) is 2.27. The highest BCUT2D eigenvalue weighted by Gasteiger charge is 1.98. The minimum absolute atomic E-state index is 0.157. The van der Waals surface area contributed by atoms with Crippen LogP contribution in [0.2, 0.25) is 5.02 Å². The molecule has 0 N–H and O–H groups in total. The van der Waals surface area contributed by atoms with Crippen LogP contribution in [0.1, 0.15) is 6.92 Å². The van der Waals surface area contributed by atoms with Gasteiger partial charge in [0.2, 0.25) is 0 Å². The molecule has 0 atom stereocenters. The van der Waals surface area contributed by atoms with Gasteiger partial charge in [-0.25, -0.2) is 4.79 Å². The molecule has 0 aliphatic rings. The van der Waals surface area contributed by atoms with Gasteiger partial charge in [0.05, 0.1) is 11.6 Å². The zero-order valence-corrected chi connectivity index (χ0v) is 6.72. The maximum atomic E-state index is 10.7. The summed E-state index contributed by atoms with van der Waals surface area (Å²) in [6.07, 6.45) is 0. The highest BCUT2D eigenvalue weighted by Crippen LogP contribution is 2.13. The lowest BCUT2D eigenvalue weighted by molar-refractivity contribution is 0.243. The average molecular weight is 175 g/mol. The Balaban J connectivity index is 2.99. The van der Waals surface area contributed by atoms with Gasteiger partial charge in [-0.15, -0.1) is 0 Å². The first-order valence-corrected chi connectivity index (χ1v) is 3.53. The molecular formula is C7H7ClO3. The van der Waals surface area contributed by atoms with Crippen LogP contribution in [0.4, 0.5) is 0 Å². The van der Waals surface area contributed by atoms with Gasteiger partial charge in [0.1, 0.15) is 0 Å². The predicted octanol–water partition coefficient (Wildman–Crippen LogP) is 1.69. The van der Waals surface area contributed by atoms with E-state index in [1.54, 1.807) is 6.92 Å². The summed E-state index contributed by atoms with van der Waals surface area (Å²) in [7, 11) is 0. The minimum atomic E-state index is -0.499. The second-order valence-electron chi connectivity index (χ2n) is 1.85. The van der Waals surface area contributed by atoms with E-state index < -0.39 is 5.63 Å². The van der Waals surface area contributed by atoms with E-state index in [2.05, 4.69) is 4.42 Å². The van der Waals surface area contributed by atoms with Gasteiger partial charge in [-0.2, -0.15) is 0 Å². The van der Waals surface area contributed by atoms with Crippen molar-refractivity contribution in [1.29, 1.82) is 0 Å². The molecule has 0 saturated heterocycles. The molecular weight excluding hydrogens is 168 g/mol. The van der Waals surface area contributed by atoms with Gasteiger partial charge < -0.3 is 9.15 Å². The Morgan fingerprint density at radius 3 is 2.91 bits per heavy atom. The van der Waals surface area contributed by atoms with E-state index in [-0.39, 0.29) is 5.95 Å². The van der Waals surface area contributed by atoms with Crippen molar-refractivity contribution in [3.8, 4) is 5.95 Å². The molecule has 0 bridgehead atoms. The van der Waals surface area contributed by atoms with Gasteiger partial charge in [-0.1, -0.05) is 11.6 Å². The molecule has 60 valence electrons. The van der Waals surface area contributed by atoms with Gasteiger partial charge in [-0.05, 0) is 6.92 Å². The normalized spacial score (nSPS) is 9.64. The summed E-state index contributed by atoms with van der Waals surface area (Å²) in [4.78, 5) is 10.7.